The minimum atomic E-state index is 0.981. The molecule has 0 N–H and O–H groups in total. The summed E-state index contributed by atoms with van der Waals surface area (Å²) in [5.41, 5.74) is 2.61. The first kappa shape index (κ1) is 18.7. The van der Waals surface area contributed by atoms with Gasteiger partial charge in [-0.2, -0.15) is 0 Å². The topological polar surface area (TPSA) is 24.3 Å². The van der Waals surface area contributed by atoms with Gasteiger partial charge in [0.2, 0.25) is 0 Å². The largest absolute Gasteiger partial charge is 0.378 e. The fourth-order valence-electron chi connectivity index (χ4n) is 3.06. The lowest BCUT2D eigenvalue weighted by Crippen LogP contribution is -2.24. The predicted molar refractivity (Wildman–Crippen MR) is 111 cm³/mol. The van der Waals surface area contributed by atoms with E-state index in [1.165, 1.54) is 21.0 Å². The number of anilines is 1. The van der Waals surface area contributed by atoms with Crippen LogP contribution in [0.5, 0.6) is 0 Å². The highest BCUT2D eigenvalue weighted by Gasteiger charge is 2.09. The minimum Gasteiger partial charge on any atom is -0.378 e. The van der Waals surface area contributed by atoms with Gasteiger partial charge in [-0.1, -0.05) is 12.1 Å². The smallest absolute Gasteiger partial charge is 0.0945 e. The van der Waals surface area contributed by atoms with Crippen LogP contribution in [-0.4, -0.2) is 35.1 Å². The van der Waals surface area contributed by atoms with Crippen molar-refractivity contribution in [2.45, 2.75) is 33.0 Å². The van der Waals surface area contributed by atoms with Crippen molar-refractivity contribution in [1.82, 2.24) is 14.5 Å². The number of rotatable bonds is 9. The van der Waals surface area contributed by atoms with Gasteiger partial charge in [0.05, 0.1) is 6.33 Å². The minimum absolute atomic E-state index is 0.981. The molecule has 4 nitrogen and oxygen atoms in total. The highest BCUT2D eigenvalue weighted by atomic mass is 32.1. The van der Waals surface area contributed by atoms with Gasteiger partial charge < -0.3 is 9.47 Å². The molecule has 3 aromatic rings. The van der Waals surface area contributed by atoms with Gasteiger partial charge in [0.25, 0.3) is 0 Å². The molecule has 26 heavy (non-hydrogen) atoms. The Kier molecular flexibility index (Phi) is 6.47. The van der Waals surface area contributed by atoms with E-state index < -0.39 is 0 Å². The lowest BCUT2D eigenvalue weighted by Gasteiger charge is -2.22. The highest BCUT2D eigenvalue weighted by Crippen LogP contribution is 2.20. The molecular weight excluding hydrogens is 340 g/mol. The van der Waals surface area contributed by atoms with E-state index in [0.29, 0.717) is 0 Å². The van der Waals surface area contributed by atoms with Crippen LogP contribution in [0.25, 0.3) is 0 Å². The molecule has 0 spiro atoms. The first-order valence-corrected chi connectivity index (χ1v) is 9.91. The maximum absolute atomic E-state index is 4.13. The van der Waals surface area contributed by atoms with E-state index in [4.69, 9.17) is 0 Å². The van der Waals surface area contributed by atoms with Crippen molar-refractivity contribution in [3.8, 4) is 0 Å². The Morgan fingerprint density at radius 3 is 2.46 bits per heavy atom. The Morgan fingerprint density at radius 1 is 1.04 bits per heavy atom. The van der Waals surface area contributed by atoms with Crippen LogP contribution in [0.15, 0.2) is 55.1 Å². The average Bonchev–Trinajstić information content (AvgIpc) is 3.27. The molecule has 0 amide bonds. The number of nitrogens with zero attached hydrogens (tertiary/aromatic N) is 4. The molecule has 2 aromatic heterocycles. The van der Waals surface area contributed by atoms with E-state index in [-0.39, 0.29) is 0 Å². The number of imidazole rings is 1. The molecule has 2 heterocycles. The quantitative estimate of drug-likeness (QED) is 0.559. The van der Waals surface area contributed by atoms with Crippen molar-refractivity contribution < 1.29 is 0 Å². The van der Waals surface area contributed by atoms with Crippen LogP contribution in [0.2, 0.25) is 0 Å². The lowest BCUT2D eigenvalue weighted by molar-refractivity contribution is 0.250. The van der Waals surface area contributed by atoms with Gasteiger partial charge in [-0.3, -0.25) is 4.90 Å². The first-order chi connectivity index (χ1) is 12.6. The Morgan fingerprint density at radius 2 is 1.85 bits per heavy atom. The van der Waals surface area contributed by atoms with Gasteiger partial charge in [0.1, 0.15) is 0 Å². The summed E-state index contributed by atoms with van der Waals surface area (Å²) in [4.78, 5) is 11.6. The summed E-state index contributed by atoms with van der Waals surface area (Å²) in [6.45, 7) is 6.26. The number of aryl methyl sites for hydroxylation is 2. The normalized spacial score (nSPS) is 11.2. The SMILES string of the molecule is Cc1ccc(CN(CCCn2ccnc2)Cc2ccc(N(C)C)cc2)s1. The Labute approximate surface area is 160 Å². The van der Waals surface area contributed by atoms with Crippen LogP contribution in [-0.2, 0) is 19.6 Å². The zero-order valence-electron chi connectivity index (χ0n) is 15.9. The molecule has 0 atom stereocenters. The van der Waals surface area contributed by atoms with Gasteiger partial charge in [0, 0.05) is 68.1 Å². The molecule has 0 aliphatic rings. The van der Waals surface area contributed by atoms with Crippen LogP contribution in [0, 0.1) is 6.92 Å². The monoisotopic (exact) mass is 368 g/mol. The van der Waals surface area contributed by atoms with Gasteiger partial charge in [-0.25, -0.2) is 4.98 Å². The Balaban J connectivity index is 1.62. The number of aromatic nitrogens is 2. The van der Waals surface area contributed by atoms with Gasteiger partial charge in [-0.05, 0) is 43.2 Å². The maximum atomic E-state index is 4.13. The third-order valence-corrected chi connectivity index (χ3v) is 5.47. The lowest BCUT2D eigenvalue weighted by atomic mass is 10.1. The van der Waals surface area contributed by atoms with Crippen LogP contribution in [0.1, 0.15) is 21.7 Å². The molecule has 0 aliphatic carbocycles. The molecule has 0 saturated carbocycles. The van der Waals surface area contributed by atoms with Gasteiger partial charge in [0.15, 0.2) is 0 Å². The summed E-state index contributed by atoms with van der Waals surface area (Å²) in [6, 6.07) is 13.4. The summed E-state index contributed by atoms with van der Waals surface area (Å²) in [5, 5.41) is 0. The summed E-state index contributed by atoms with van der Waals surface area (Å²) in [6.07, 6.45) is 6.90. The zero-order valence-corrected chi connectivity index (χ0v) is 16.7. The highest BCUT2D eigenvalue weighted by molar-refractivity contribution is 7.11. The number of thiophene rings is 1. The molecule has 0 saturated heterocycles. The number of hydrogen-bond donors (Lipinski definition) is 0. The van der Waals surface area contributed by atoms with E-state index in [9.17, 15) is 0 Å². The molecule has 0 fully saturated rings. The molecule has 138 valence electrons. The van der Waals surface area contributed by atoms with Gasteiger partial charge >= 0.3 is 0 Å². The van der Waals surface area contributed by atoms with Crippen molar-refractivity contribution >= 4 is 17.0 Å². The first-order valence-electron chi connectivity index (χ1n) is 9.10. The van der Waals surface area contributed by atoms with Crippen molar-refractivity contribution in [2.24, 2.45) is 0 Å². The van der Waals surface area contributed by atoms with E-state index in [0.717, 1.165) is 32.6 Å². The molecule has 5 heteroatoms. The Hall–Kier alpha value is -2.11. The van der Waals surface area contributed by atoms with Crippen molar-refractivity contribution in [3.05, 3.63) is 70.4 Å². The molecule has 1 aromatic carbocycles. The second kappa shape index (κ2) is 9.01. The Bertz CT molecular complexity index is 775. The molecule has 3 rings (SSSR count). The van der Waals surface area contributed by atoms with Gasteiger partial charge in [-0.15, -0.1) is 11.3 Å². The third kappa shape index (κ3) is 5.44. The maximum Gasteiger partial charge on any atom is 0.0945 e. The van der Waals surface area contributed by atoms with Crippen LogP contribution in [0.4, 0.5) is 5.69 Å². The predicted octanol–water partition coefficient (Wildman–Crippen LogP) is 4.41. The average molecular weight is 369 g/mol. The van der Waals surface area contributed by atoms with E-state index in [2.05, 4.69) is 76.8 Å². The van der Waals surface area contributed by atoms with Crippen LogP contribution >= 0.6 is 11.3 Å². The molecule has 0 unspecified atom stereocenters. The summed E-state index contributed by atoms with van der Waals surface area (Å²) < 4.78 is 2.15. The zero-order chi connectivity index (χ0) is 18.4. The molecule has 0 bridgehead atoms. The summed E-state index contributed by atoms with van der Waals surface area (Å²) in [7, 11) is 4.16. The van der Waals surface area contributed by atoms with Crippen molar-refractivity contribution in [2.75, 3.05) is 25.5 Å². The van der Waals surface area contributed by atoms with E-state index in [1.54, 1.807) is 0 Å². The molecule has 0 radical (unpaired) electrons. The third-order valence-electron chi connectivity index (χ3n) is 4.48. The number of benzene rings is 1. The second-order valence-electron chi connectivity index (χ2n) is 6.94. The van der Waals surface area contributed by atoms with Crippen molar-refractivity contribution in [3.63, 3.8) is 0 Å². The van der Waals surface area contributed by atoms with Crippen LogP contribution < -0.4 is 4.90 Å². The fraction of sp³-hybridized carbons (Fsp3) is 0.381. The number of hydrogen-bond acceptors (Lipinski definition) is 4. The second-order valence-corrected chi connectivity index (χ2v) is 8.31. The van der Waals surface area contributed by atoms with E-state index in [1.807, 2.05) is 30.1 Å². The standard InChI is InChI=1S/C21H28N4S/c1-18-5-10-21(26-18)16-25(13-4-12-24-14-11-22-17-24)15-19-6-8-20(9-7-19)23(2)3/h5-11,14,17H,4,12-13,15-16H2,1-3H3. The molecular formula is C21H28N4S. The summed E-state index contributed by atoms with van der Waals surface area (Å²) in [5.74, 6) is 0. The summed E-state index contributed by atoms with van der Waals surface area (Å²) >= 11 is 1.90. The van der Waals surface area contributed by atoms with Crippen molar-refractivity contribution in [1.29, 1.82) is 0 Å². The van der Waals surface area contributed by atoms with Crippen LogP contribution in [0.3, 0.4) is 0 Å². The van der Waals surface area contributed by atoms with E-state index >= 15 is 0 Å². The molecule has 0 aliphatic heterocycles. The fourth-order valence-corrected chi connectivity index (χ4v) is 3.99.